The Balaban J connectivity index is 0. The van der Waals surface area contributed by atoms with Crippen molar-refractivity contribution in [1.82, 2.24) is 0 Å². The van der Waals surface area contributed by atoms with Gasteiger partial charge in [0.05, 0.1) is 22.8 Å². The van der Waals surface area contributed by atoms with E-state index in [-0.39, 0.29) is 48.9 Å². The van der Waals surface area contributed by atoms with Crippen LogP contribution >= 0.6 is 0 Å². The van der Waals surface area contributed by atoms with Crippen molar-refractivity contribution in [3.63, 3.8) is 0 Å². The molecule has 110 valence electrons. The van der Waals surface area contributed by atoms with E-state index < -0.39 is 22.8 Å². The number of aliphatic carboxylic acids is 2. The number of carbonyl (C=O) groups excluding carboxylic acids is 2. The maximum absolute atomic E-state index is 11.7. The zero-order chi connectivity index (χ0) is 15.8. The molecule has 0 atom stereocenters. The van der Waals surface area contributed by atoms with E-state index in [4.69, 9.17) is 0 Å². The Morgan fingerprint density at radius 3 is 0.952 bits per heavy atom. The first-order chi connectivity index (χ1) is 9.38. The fourth-order valence-corrected chi connectivity index (χ4v) is 2.32. The third kappa shape index (κ3) is 4.47. The second-order valence-corrected chi connectivity index (χ2v) is 4.31. The van der Waals surface area contributed by atoms with E-state index in [1.54, 1.807) is 27.7 Å². The van der Waals surface area contributed by atoms with Crippen LogP contribution in [0.15, 0.2) is 48.6 Å². The van der Waals surface area contributed by atoms with Gasteiger partial charge in [-0.25, -0.2) is 0 Å². The van der Waals surface area contributed by atoms with Gasteiger partial charge >= 0.3 is 48.9 Å². The van der Waals surface area contributed by atoms with E-state index >= 15 is 0 Å². The minimum absolute atomic E-state index is 0. The molecule has 0 aliphatic carbocycles. The van der Waals surface area contributed by atoms with Gasteiger partial charge in [-0.2, -0.15) is 0 Å². The molecule has 0 bridgehead atoms. The van der Waals surface area contributed by atoms with Crippen LogP contribution in [0.25, 0.3) is 0 Å². The fourth-order valence-electron chi connectivity index (χ4n) is 2.32. The minimum Gasteiger partial charge on any atom is -0.549 e. The van der Waals surface area contributed by atoms with Gasteiger partial charge in [0.25, 0.3) is 0 Å². The molecule has 0 radical (unpaired) electrons. The average molecular weight is 414 g/mol. The topological polar surface area (TPSA) is 80.3 Å². The summed E-state index contributed by atoms with van der Waals surface area (Å²) in [5.41, 5.74) is -3.71. The Bertz CT molecular complexity index is 405. The zero-order valence-electron chi connectivity index (χ0n) is 13.0. The SMILES string of the molecule is C/C=C\C(/C=C\C)(C(=O)[O-])C(/C=C\C)(/C=C\C)C(=O)[O-].[Ba+2]. The molecule has 0 rings (SSSR count). The fraction of sp³-hybridized carbons (Fsp3) is 0.375. The van der Waals surface area contributed by atoms with Crippen LogP contribution in [0.3, 0.4) is 0 Å². The van der Waals surface area contributed by atoms with Crippen LogP contribution in [0, 0.1) is 10.8 Å². The van der Waals surface area contributed by atoms with Crippen molar-refractivity contribution in [3.8, 4) is 0 Å². The molecule has 0 aromatic heterocycles. The van der Waals surface area contributed by atoms with Crippen molar-refractivity contribution in [3.05, 3.63) is 48.6 Å². The summed E-state index contributed by atoms with van der Waals surface area (Å²) >= 11 is 0. The minimum atomic E-state index is -1.85. The average Bonchev–Trinajstić information content (AvgIpc) is 2.37. The second kappa shape index (κ2) is 10.2. The first-order valence-corrected chi connectivity index (χ1v) is 6.36. The van der Waals surface area contributed by atoms with E-state index in [9.17, 15) is 19.8 Å². The summed E-state index contributed by atoms with van der Waals surface area (Å²) in [5.74, 6) is -3.01. The van der Waals surface area contributed by atoms with Crippen LogP contribution in [-0.2, 0) is 9.59 Å². The van der Waals surface area contributed by atoms with Crippen molar-refractivity contribution in [1.29, 1.82) is 0 Å². The predicted molar refractivity (Wildman–Crippen MR) is 79.9 cm³/mol. The molecule has 4 nitrogen and oxygen atoms in total. The molecular weight excluding hydrogens is 394 g/mol. The molecule has 0 aromatic carbocycles. The van der Waals surface area contributed by atoms with Crippen LogP contribution in [0.5, 0.6) is 0 Å². The normalized spacial score (nSPS) is 13.3. The maximum atomic E-state index is 11.7. The van der Waals surface area contributed by atoms with Gasteiger partial charge in [0.15, 0.2) is 0 Å². The molecule has 0 unspecified atom stereocenters. The summed E-state index contributed by atoms with van der Waals surface area (Å²) < 4.78 is 0. The number of hydrogen-bond donors (Lipinski definition) is 0. The summed E-state index contributed by atoms with van der Waals surface area (Å²) in [6, 6.07) is 0. The molecule has 0 aliphatic heterocycles. The summed E-state index contributed by atoms with van der Waals surface area (Å²) in [6.45, 7) is 6.47. The Hall–Kier alpha value is -0.529. The van der Waals surface area contributed by atoms with Crippen LogP contribution in [0.4, 0.5) is 0 Å². The smallest absolute Gasteiger partial charge is 0.549 e. The molecule has 0 N–H and O–H groups in total. The van der Waals surface area contributed by atoms with Crippen molar-refractivity contribution in [2.45, 2.75) is 27.7 Å². The van der Waals surface area contributed by atoms with Gasteiger partial charge in [-0.05, 0) is 27.7 Å². The van der Waals surface area contributed by atoms with Gasteiger partial charge in [-0.15, -0.1) is 0 Å². The number of hydrogen-bond acceptors (Lipinski definition) is 4. The third-order valence-electron chi connectivity index (χ3n) is 3.08. The number of rotatable bonds is 7. The molecule has 5 heteroatoms. The maximum Gasteiger partial charge on any atom is 2.00 e. The Kier molecular flexibility index (Phi) is 11.1. The molecule has 0 amide bonds. The van der Waals surface area contributed by atoms with Gasteiger partial charge in [-0.3, -0.25) is 0 Å². The van der Waals surface area contributed by atoms with E-state index in [2.05, 4.69) is 0 Å². The van der Waals surface area contributed by atoms with E-state index in [0.717, 1.165) is 0 Å². The van der Waals surface area contributed by atoms with Crippen LogP contribution in [0.1, 0.15) is 27.7 Å². The summed E-state index contributed by atoms with van der Waals surface area (Å²) in [4.78, 5) is 23.5. The predicted octanol–water partition coefficient (Wildman–Crippen LogP) is 0.383. The van der Waals surface area contributed by atoms with Gasteiger partial charge < -0.3 is 19.8 Å². The first kappa shape index (κ1) is 22.7. The van der Waals surface area contributed by atoms with Crippen molar-refractivity contribution < 1.29 is 19.8 Å². The van der Waals surface area contributed by atoms with E-state index in [1.165, 1.54) is 48.6 Å². The number of allylic oxidation sites excluding steroid dienone is 4. The molecule has 0 aliphatic rings. The van der Waals surface area contributed by atoms with E-state index in [0.29, 0.717) is 0 Å². The summed E-state index contributed by atoms with van der Waals surface area (Å²) in [7, 11) is 0. The van der Waals surface area contributed by atoms with Crippen LogP contribution < -0.4 is 10.2 Å². The quantitative estimate of drug-likeness (QED) is 0.446. The van der Waals surface area contributed by atoms with Crippen LogP contribution in [-0.4, -0.2) is 60.8 Å². The Morgan fingerprint density at radius 1 is 0.667 bits per heavy atom. The Labute approximate surface area is 166 Å². The van der Waals surface area contributed by atoms with Crippen molar-refractivity contribution in [2.75, 3.05) is 0 Å². The molecule has 0 aromatic rings. The molecular formula is C16H20BaO4. The first-order valence-electron chi connectivity index (χ1n) is 6.36. The van der Waals surface area contributed by atoms with Crippen molar-refractivity contribution in [2.24, 2.45) is 10.8 Å². The molecule has 0 heterocycles. The van der Waals surface area contributed by atoms with Gasteiger partial charge in [-0.1, -0.05) is 48.6 Å². The van der Waals surface area contributed by atoms with E-state index in [1.807, 2.05) is 0 Å². The van der Waals surface area contributed by atoms with Gasteiger partial charge in [0.2, 0.25) is 0 Å². The molecule has 0 saturated heterocycles. The molecule has 21 heavy (non-hydrogen) atoms. The molecule has 0 fully saturated rings. The monoisotopic (exact) mass is 414 g/mol. The summed E-state index contributed by atoms with van der Waals surface area (Å²) in [6.07, 6.45) is 11.2. The number of carboxylic acids is 2. The Morgan fingerprint density at radius 2 is 0.857 bits per heavy atom. The van der Waals surface area contributed by atoms with Gasteiger partial charge in [0.1, 0.15) is 0 Å². The standard InChI is InChI=1S/C16H22O4.Ba/c1-5-9-15(10-6-2,13(17)18)16(11-7-3,12-8-4)14(19)20;/h5-12H,1-4H3,(H,17,18)(H,19,20);/q;+2/p-2/b9-5-,10-6-,11-7-,12-8-;. The number of carboxylic acid groups (broad SMARTS) is 2. The second-order valence-electron chi connectivity index (χ2n) is 4.31. The van der Waals surface area contributed by atoms with Crippen LogP contribution in [0.2, 0.25) is 0 Å². The third-order valence-corrected chi connectivity index (χ3v) is 3.08. The molecule has 0 saturated carbocycles. The van der Waals surface area contributed by atoms with Crippen molar-refractivity contribution >= 4 is 60.8 Å². The molecule has 0 spiro atoms. The van der Waals surface area contributed by atoms with Gasteiger partial charge in [0, 0.05) is 0 Å². The zero-order valence-corrected chi connectivity index (χ0v) is 17.4. The number of carbonyl (C=O) groups is 2. The largest absolute Gasteiger partial charge is 2.00 e. The summed E-state index contributed by atoms with van der Waals surface area (Å²) in [5, 5.41) is 23.5.